The normalized spacial score (nSPS) is 39.6. The molecule has 1 N–H and O–H groups in total. The molecule has 0 spiro atoms. The predicted octanol–water partition coefficient (Wildman–Crippen LogP) is 6.20. The van der Waals surface area contributed by atoms with Crippen molar-refractivity contribution in [1.29, 1.82) is 0 Å². The Labute approximate surface area is 230 Å². The summed E-state index contributed by atoms with van der Waals surface area (Å²) < 4.78 is 23.8. The standard InChI is InChI=1S/C33H41FO5/c1-7-27(37)39-29-19(2)15-23-22-14-13-21-16-25(35)24(30(3,4)28(38)20-11-9-8-10-12-20)17-32(21,6)33(22,34)26(36)18-31(23,29)5/h8-12,16-17,19,22-23,26,29,36H,7,13-15,18H2,1-6H3/t19-,22+,23+,26+,29+,31+,32+,33+/m1/s1. The van der Waals surface area contributed by atoms with Gasteiger partial charge in [-0.3, -0.25) is 14.4 Å². The molecule has 1 aromatic carbocycles. The van der Waals surface area contributed by atoms with Gasteiger partial charge in [0.15, 0.2) is 17.2 Å². The lowest BCUT2D eigenvalue weighted by atomic mass is 9.45. The minimum atomic E-state index is -2.03. The van der Waals surface area contributed by atoms with E-state index in [1.807, 2.05) is 19.9 Å². The van der Waals surface area contributed by atoms with Crippen LogP contribution in [0.5, 0.6) is 0 Å². The van der Waals surface area contributed by atoms with Gasteiger partial charge in [0.1, 0.15) is 6.10 Å². The molecule has 0 aromatic heterocycles. The largest absolute Gasteiger partial charge is 0.461 e. The second kappa shape index (κ2) is 9.22. The monoisotopic (exact) mass is 536 g/mol. The Kier molecular flexibility index (Phi) is 6.61. The van der Waals surface area contributed by atoms with Crippen LogP contribution in [0.25, 0.3) is 0 Å². The molecule has 0 bridgehead atoms. The number of alkyl halides is 1. The van der Waals surface area contributed by atoms with Crippen LogP contribution in [0.3, 0.4) is 0 Å². The van der Waals surface area contributed by atoms with Crippen molar-refractivity contribution in [2.24, 2.45) is 34.0 Å². The van der Waals surface area contributed by atoms with E-state index in [-0.39, 0.29) is 53.9 Å². The maximum absolute atomic E-state index is 17.9. The number of carbonyl (C=O) groups is 3. The van der Waals surface area contributed by atoms with Gasteiger partial charge in [-0.25, -0.2) is 4.39 Å². The summed E-state index contributed by atoms with van der Waals surface area (Å²) in [6, 6.07) is 8.84. The highest BCUT2D eigenvalue weighted by atomic mass is 19.1. The van der Waals surface area contributed by atoms with Crippen molar-refractivity contribution in [1.82, 2.24) is 0 Å². The number of esters is 1. The Balaban J connectivity index is 1.57. The third-order valence-electron chi connectivity index (χ3n) is 10.8. The molecule has 5 nitrogen and oxygen atoms in total. The SMILES string of the molecule is CCC(=O)O[C@H]1[C@H](C)C[C@H]2[C@@H]3CCC4=CC(=O)C(C(C)(C)C(=O)c5ccccc5)=C[C@]4(C)[C@@]3(F)[C@@H](O)C[C@@]21C. The molecule has 0 radical (unpaired) electrons. The number of rotatable bonds is 5. The highest BCUT2D eigenvalue weighted by Gasteiger charge is 2.72. The maximum atomic E-state index is 17.9. The van der Waals surface area contributed by atoms with Crippen LogP contribution in [0, 0.1) is 34.0 Å². The van der Waals surface area contributed by atoms with Crippen LogP contribution in [0.1, 0.15) is 84.0 Å². The summed E-state index contributed by atoms with van der Waals surface area (Å²) in [5.74, 6) is -1.25. The minimum absolute atomic E-state index is 0.0521. The van der Waals surface area contributed by atoms with Crippen molar-refractivity contribution in [3.63, 3.8) is 0 Å². The number of allylic oxidation sites excluding steroid dienone is 4. The number of hydrogen-bond donors (Lipinski definition) is 1. The van der Waals surface area contributed by atoms with Gasteiger partial charge in [0.25, 0.3) is 0 Å². The highest BCUT2D eigenvalue weighted by Crippen LogP contribution is 2.69. The first kappa shape index (κ1) is 27.9. The van der Waals surface area contributed by atoms with Crippen molar-refractivity contribution >= 4 is 17.5 Å². The van der Waals surface area contributed by atoms with Crippen molar-refractivity contribution in [2.45, 2.75) is 91.5 Å². The van der Waals surface area contributed by atoms with E-state index in [0.717, 1.165) is 0 Å². The summed E-state index contributed by atoms with van der Waals surface area (Å²) in [7, 11) is 0. The van der Waals surface area contributed by atoms with Crippen LogP contribution in [0.2, 0.25) is 0 Å². The Morgan fingerprint density at radius 2 is 1.82 bits per heavy atom. The summed E-state index contributed by atoms with van der Waals surface area (Å²) >= 11 is 0. The number of Topliss-reactive ketones (excluding diaryl/α,β-unsaturated/α-hetero) is 1. The number of ketones is 2. The number of carbonyl (C=O) groups excluding carboxylic acids is 3. The van der Waals surface area contributed by atoms with E-state index in [1.165, 1.54) is 6.08 Å². The number of aliphatic hydroxyl groups is 1. The zero-order valence-corrected chi connectivity index (χ0v) is 23.9. The average molecular weight is 537 g/mol. The Hall–Kier alpha value is -2.60. The quantitative estimate of drug-likeness (QED) is 0.358. The van der Waals surface area contributed by atoms with Gasteiger partial charge in [-0.2, -0.15) is 0 Å². The van der Waals surface area contributed by atoms with Crippen LogP contribution in [0.15, 0.2) is 53.6 Å². The van der Waals surface area contributed by atoms with Crippen LogP contribution in [0.4, 0.5) is 4.39 Å². The van der Waals surface area contributed by atoms with Crippen LogP contribution >= 0.6 is 0 Å². The van der Waals surface area contributed by atoms with Gasteiger partial charge >= 0.3 is 5.97 Å². The molecule has 3 fully saturated rings. The molecule has 1 aromatic rings. The van der Waals surface area contributed by atoms with Crippen molar-refractivity contribution in [3.8, 4) is 0 Å². The molecule has 6 heteroatoms. The lowest BCUT2D eigenvalue weighted by molar-refractivity contribution is -0.207. The van der Waals surface area contributed by atoms with E-state index >= 15 is 4.39 Å². The van der Waals surface area contributed by atoms with Crippen LogP contribution in [-0.4, -0.2) is 40.5 Å². The molecular formula is C33H41FO5. The maximum Gasteiger partial charge on any atom is 0.305 e. The number of aliphatic hydroxyl groups excluding tert-OH is 1. The van der Waals surface area contributed by atoms with Gasteiger partial charge in [0.05, 0.1) is 11.5 Å². The number of fused-ring (bicyclic) bond motifs is 5. The van der Waals surface area contributed by atoms with E-state index in [0.29, 0.717) is 30.4 Å². The lowest BCUT2D eigenvalue weighted by Crippen LogP contribution is -2.67. The molecule has 0 saturated heterocycles. The third-order valence-corrected chi connectivity index (χ3v) is 10.8. The molecule has 210 valence electrons. The topological polar surface area (TPSA) is 80.7 Å². The van der Waals surface area contributed by atoms with Gasteiger partial charge in [-0.15, -0.1) is 0 Å². The van der Waals surface area contributed by atoms with Gasteiger partial charge in [0.2, 0.25) is 0 Å². The van der Waals surface area contributed by atoms with Crippen molar-refractivity contribution in [3.05, 3.63) is 59.2 Å². The van der Waals surface area contributed by atoms with Gasteiger partial charge in [-0.05, 0) is 64.4 Å². The molecule has 0 amide bonds. The van der Waals surface area contributed by atoms with Crippen molar-refractivity contribution < 1.29 is 28.6 Å². The Morgan fingerprint density at radius 1 is 1.15 bits per heavy atom. The Bertz CT molecular complexity index is 1260. The minimum Gasteiger partial charge on any atom is -0.461 e. The van der Waals surface area contributed by atoms with E-state index in [1.54, 1.807) is 58.0 Å². The average Bonchev–Trinajstić information content (AvgIpc) is 3.14. The molecular weight excluding hydrogens is 495 g/mol. The molecule has 39 heavy (non-hydrogen) atoms. The summed E-state index contributed by atoms with van der Waals surface area (Å²) in [4.78, 5) is 39.3. The smallest absolute Gasteiger partial charge is 0.305 e. The zero-order chi connectivity index (χ0) is 28.5. The lowest BCUT2D eigenvalue weighted by Gasteiger charge is -2.62. The summed E-state index contributed by atoms with van der Waals surface area (Å²) in [5.41, 5.74) is -3.54. The fourth-order valence-electron chi connectivity index (χ4n) is 8.67. The Morgan fingerprint density at radius 3 is 2.46 bits per heavy atom. The summed E-state index contributed by atoms with van der Waals surface area (Å²) in [6.45, 7) is 11.1. The van der Waals surface area contributed by atoms with E-state index in [9.17, 15) is 19.5 Å². The first-order valence-corrected chi connectivity index (χ1v) is 14.4. The number of benzene rings is 1. The second-order valence-electron chi connectivity index (χ2n) is 13.3. The molecule has 8 atom stereocenters. The zero-order valence-electron chi connectivity index (χ0n) is 23.9. The van der Waals surface area contributed by atoms with E-state index < -0.39 is 33.9 Å². The third kappa shape index (κ3) is 3.84. The van der Waals surface area contributed by atoms with E-state index in [4.69, 9.17) is 4.74 Å². The van der Waals surface area contributed by atoms with Gasteiger partial charge in [-0.1, -0.05) is 62.8 Å². The molecule has 4 aliphatic carbocycles. The molecule has 0 aliphatic heterocycles. The van der Waals surface area contributed by atoms with Gasteiger partial charge < -0.3 is 9.84 Å². The van der Waals surface area contributed by atoms with E-state index in [2.05, 4.69) is 0 Å². The number of hydrogen-bond acceptors (Lipinski definition) is 5. The summed E-state index contributed by atoms with van der Waals surface area (Å²) in [6.07, 6.45) is 3.72. The fourth-order valence-corrected chi connectivity index (χ4v) is 8.67. The second-order valence-corrected chi connectivity index (χ2v) is 13.3. The number of halogens is 1. The van der Waals surface area contributed by atoms with Crippen LogP contribution in [-0.2, 0) is 14.3 Å². The first-order chi connectivity index (χ1) is 18.2. The fraction of sp³-hybridized carbons (Fsp3) is 0.606. The number of ether oxygens (including phenoxy) is 1. The van der Waals surface area contributed by atoms with Crippen molar-refractivity contribution in [2.75, 3.05) is 0 Å². The van der Waals surface area contributed by atoms with Gasteiger partial charge in [0, 0.05) is 34.3 Å². The molecule has 3 saturated carbocycles. The highest BCUT2D eigenvalue weighted by molar-refractivity contribution is 6.14. The molecule has 0 unspecified atom stereocenters. The van der Waals surface area contributed by atoms with Crippen LogP contribution < -0.4 is 0 Å². The summed E-state index contributed by atoms with van der Waals surface area (Å²) in [5, 5.41) is 11.7. The molecule has 4 aliphatic rings. The molecule has 0 heterocycles. The molecule has 5 rings (SSSR count). The first-order valence-electron chi connectivity index (χ1n) is 14.4. The predicted molar refractivity (Wildman–Crippen MR) is 147 cm³/mol.